The molecule has 4 nitrogen and oxygen atoms in total. The van der Waals surface area contributed by atoms with Crippen LogP contribution in [-0.2, 0) is 4.79 Å². The number of anilines is 2. The minimum Gasteiger partial charge on any atom is -0.389 e. The van der Waals surface area contributed by atoms with Crippen molar-refractivity contribution < 1.29 is 4.79 Å². The lowest BCUT2D eigenvalue weighted by atomic mass is 10.2. The summed E-state index contributed by atoms with van der Waals surface area (Å²) in [5.41, 5.74) is 7.40. The summed E-state index contributed by atoms with van der Waals surface area (Å²) in [6.07, 6.45) is 0. The summed E-state index contributed by atoms with van der Waals surface area (Å²) >= 11 is 7.05. The molecule has 0 saturated heterocycles. The summed E-state index contributed by atoms with van der Waals surface area (Å²) in [6.45, 7) is 1.43. The summed E-state index contributed by atoms with van der Waals surface area (Å²) in [5.74, 6) is -0.165. The number of nitrogens with one attached hydrogen (secondary N) is 1. The molecule has 0 bridgehead atoms. The average Bonchev–Trinajstić information content (AvgIpc) is 2.59. The third kappa shape index (κ3) is 2.75. The van der Waals surface area contributed by atoms with Crippen LogP contribution in [0.5, 0.6) is 0 Å². The Morgan fingerprint density at radius 3 is 2.65 bits per heavy atom. The van der Waals surface area contributed by atoms with Gasteiger partial charge in [-0.05, 0) is 12.1 Å². The van der Waals surface area contributed by atoms with E-state index in [2.05, 4.69) is 10.3 Å². The van der Waals surface area contributed by atoms with Crippen molar-refractivity contribution in [3.8, 4) is 11.3 Å². The molecule has 0 unspecified atom stereocenters. The molecule has 2 aromatic rings. The lowest BCUT2D eigenvalue weighted by Crippen LogP contribution is -2.04. The van der Waals surface area contributed by atoms with Gasteiger partial charge in [0.15, 0.2) is 5.13 Å². The largest absolute Gasteiger partial charge is 0.389 e. The van der Waals surface area contributed by atoms with Gasteiger partial charge in [0.2, 0.25) is 5.91 Å². The first-order valence-corrected chi connectivity index (χ1v) is 6.05. The minimum atomic E-state index is -0.165. The maximum atomic E-state index is 10.9. The van der Waals surface area contributed by atoms with Crippen molar-refractivity contribution in [3.63, 3.8) is 0 Å². The van der Waals surface area contributed by atoms with Crippen LogP contribution in [-0.4, -0.2) is 10.9 Å². The Balaban J connectivity index is 2.35. The van der Waals surface area contributed by atoms with Gasteiger partial charge in [-0.25, -0.2) is 4.98 Å². The molecule has 1 aromatic carbocycles. The summed E-state index contributed by atoms with van der Waals surface area (Å²) in [4.78, 5) is 15.2. The van der Waals surface area contributed by atoms with Crippen molar-refractivity contribution in [1.82, 2.24) is 4.98 Å². The van der Waals surface area contributed by atoms with E-state index in [1.807, 2.05) is 12.1 Å². The Hall–Kier alpha value is -1.59. The number of hydrogen-bond donors (Lipinski definition) is 2. The number of thiazole rings is 1. The van der Waals surface area contributed by atoms with E-state index in [-0.39, 0.29) is 5.91 Å². The second-order valence-electron chi connectivity index (χ2n) is 3.42. The van der Waals surface area contributed by atoms with Crippen molar-refractivity contribution in [3.05, 3.63) is 29.3 Å². The SMILES string of the molecule is CC(=O)Nc1nc(-c2ccc(Cl)cc2)c(N)s1. The molecule has 0 radical (unpaired) electrons. The van der Waals surface area contributed by atoms with Crippen molar-refractivity contribution in [2.75, 3.05) is 11.1 Å². The molecule has 0 fully saturated rings. The number of carbonyl (C=O) groups is 1. The van der Waals surface area contributed by atoms with Crippen LogP contribution >= 0.6 is 22.9 Å². The van der Waals surface area contributed by atoms with Crippen molar-refractivity contribution in [2.24, 2.45) is 0 Å². The van der Waals surface area contributed by atoms with Crippen LogP contribution in [0.15, 0.2) is 24.3 Å². The van der Waals surface area contributed by atoms with E-state index in [0.29, 0.717) is 20.8 Å². The standard InChI is InChI=1S/C11H10ClN3OS/c1-6(16)14-11-15-9(10(13)17-11)7-2-4-8(12)5-3-7/h2-5H,13H2,1H3,(H,14,15,16). The highest BCUT2D eigenvalue weighted by atomic mass is 35.5. The molecule has 0 aliphatic carbocycles. The maximum absolute atomic E-state index is 10.9. The smallest absolute Gasteiger partial charge is 0.223 e. The molecule has 2 rings (SSSR count). The summed E-state index contributed by atoms with van der Waals surface area (Å²) in [7, 11) is 0. The molecule has 1 heterocycles. The zero-order chi connectivity index (χ0) is 12.4. The van der Waals surface area contributed by atoms with Crippen molar-refractivity contribution >= 4 is 39.0 Å². The molecule has 0 spiro atoms. The number of carbonyl (C=O) groups excluding carboxylic acids is 1. The molecule has 88 valence electrons. The predicted molar refractivity (Wildman–Crippen MR) is 71.3 cm³/mol. The second kappa shape index (κ2) is 4.73. The van der Waals surface area contributed by atoms with Crippen molar-refractivity contribution in [1.29, 1.82) is 0 Å². The van der Waals surface area contributed by atoms with Crippen LogP contribution in [0.2, 0.25) is 5.02 Å². The van der Waals surface area contributed by atoms with Gasteiger partial charge in [-0.1, -0.05) is 35.1 Å². The van der Waals surface area contributed by atoms with Gasteiger partial charge in [0.25, 0.3) is 0 Å². The van der Waals surface area contributed by atoms with Crippen molar-refractivity contribution in [2.45, 2.75) is 6.92 Å². The summed E-state index contributed by atoms with van der Waals surface area (Å²) < 4.78 is 0. The molecular weight excluding hydrogens is 258 g/mol. The van der Waals surface area contributed by atoms with E-state index >= 15 is 0 Å². The number of nitrogens with zero attached hydrogens (tertiary/aromatic N) is 1. The van der Waals surface area contributed by atoms with E-state index in [0.717, 1.165) is 5.56 Å². The molecule has 0 aliphatic rings. The number of hydrogen-bond acceptors (Lipinski definition) is 4. The molecule has 3 N–H and O–H groups in total. The van der Waals surface area contributed by atoms with E-state index in [9.17, 15) is 4.79 Å². The van der Waals surface area contributed by atoms with Crippen LogP contribution in [0.25, 0.3) is 11.3 Å². The second-order valence-corrected chi connectivity index (χ2v) is 4.89. The zero-order valence-corrected chi connectivity index (χ0v) is 10.6. The molecule has 0 aliphatic heterocycles. The quantitative estimate of drug-likeness (QED) is 0.879. The molecular formula is C11H10ClN3OS. The average molecular weight is 268 g/mol. The Labute approximate surface area is 107 Å². The van der Waals surface area contributed by atoms with E-state index in [1.54, 1.807) is 12.1 Å². The topological polar surface area (TPSA) is 68.0 Å². The Morgan fingerprint density at radius 1 is 1.41 bits per heavy atom. The highest BCUT2D eigenvalue weighted by Crippen LogP contribution is 2.33. The monoisotopic (exact) mass is 267 g/mol. The number of rotatable bonds is 2. The van der Waals surface area contributed by atoms with E-state index < -0.39 is 0 Å². The van der Waals surface area contributed by atoms with Gasteiger partial charge in [0.1, 0.15) is 10.7 Å². The number of nitrogen functional groups attached to an aromatic ring is 1. The predicted octanol–water partition coefficient (Wildman–Crippen LogP) is 3.00. The normalized spacial score (nSPS) is 10.2. The fourth-order valence-corrected chi connectivity index (χ4v) is 2.28. The summed E-state index contributed by atoms with van der Waals surface area (Å²) in [5, 5.41) is 4.33. The summed E-state index contributed by atoms with van der Waals surface area (Å²) in [6, 6.07) is 7.22. The molecule has 17 heavy (non-hydrogen) atoms. The fourth-order valence-electron chi connectivity index (χ4n) is 1.35. The van der Waals surface area contributed by atoms with E-state index in [4.69, 9.17) is 17.3 Å². The third-order valence-corrected chi connectivity index (χ3v) is 3.11. The molecule has 6 heteroatoms. The van der Waals surface area contributed by atoms with Crippen LogP contribution in [0.1, 0.15) is 6.92 Å². The van der Waals surface area contributed by atoms with Crippen LogP contribution in [0.3, 0.4) is 0 Å². The van der Waals surface area contributed by atoms with Gasteiger partial charge < -0.3 is 11.1 Å². The van der Waals surface area contributed by atoms with E-state index in [1.165, 1.54) is 18.3 Å². The molecule has 1 amide bonds. The fraction of sp³-hybridized carbons (Fsp3) is 0.0909. The van der Waals surface area contributed by atoms with Gasteiger partial charge >= 0.3 is 0 Å². The van der Waals surface area contributed by atoms with Gasteiger partial charge in [0, 0.05) is 17.5 Å². The first kappa shape index (κ1) is 11.9. The molecule has 1 aromatic heterocycles. The highest BCUT2D eigenvalue weighted by Gasteiger charge is 2.11. The molecule has 0 atom stereocenters. The first-order chi connectivity index (χ1) is 8.06. The maximum Gasteiger partial charge on any atom is 0.223 e. The van der Waals surface area contributed by atoms with Gasteiger partial charge in [-0.3, -0.25) is 4.79 Å². The number of nitrogens with two attached hydrogens (primary N) is 1. The number of aromatic nitrogens is 1. The van der Waals surface area contributed by atoms with Gasteiger partial charge in [-0.2, -0.15) is 0 Å². The Morgan fingerprint density at radius 2 is 2.06 bits per heavy atom. The minimum absolute atomic E-state index is 0.165. The first-order valence-electron chi connectivity index (χ1n) is 4.86. The number of benzene rings is 1. The van der Waals surface area contributed by atoms with Crippen LogP contribution < -0.4 is 11.1 Å². The molecule has 0 saturated carbocycles. The number of amides is 1. The van der Waals surface area contributed by atoms with Crippen LogP contribution in [0, 0.1) is 0 Å². The lowest BCUT2D eigenvalue weighted by molar-refractivity contribution is -0.114. The zero-order valence-electron chi connectivity index (χ0n) is 9.03. The van der Waals surface area contributed by atoms with Crippen LogP contribution in [0.4, 0.5) is 10.1 Å². The highest BCUT2D eigenvalue weighted by molar-refractivity contribution is 7.20. The Kier molecular flexibility index (Phi) is 3.31. The lowest BCUT2D eigenvalue weighted by Gasteiger charge is -1.98. The Bertz CT molecular complexity index is 550. The third-order valence-electron chi connectivity index (χ3n) is 2.05. The van der Waals surface area contributed by atoms with Gasteiger partial charge in [0.05, 0.1) is 0 Å². The van der Waals surface area contributed by atoms with Gasteiger partial charge in [-0.15, -0.1) is 0 Å². The number of halogens is 1.